The Labute approximate surface area is 143 Å². The number of nitriles is 1. The molecule has 0 aliphatic carbocycles. The van der Waals surface area contributed by atoms with E-state index in [0.29, 0.717) is 0 Å². The van der Waals surface area contributed by atoms with Gasteiger partial charge in [-0.2, -0.15) is 9.83 Å². The van der Waals surface area contributed by atoms with E-state index in [1.807, 2.05) is 12.1 Å². The Morgan fingerprint density at radius 2 is 1.83 bits per heavy atom. The molecular formula is C21H24FN2+. The summed E-state index contributed by atoms with van der Waals surface area (Å²) >= 11 is 0. The van der Waals surface area contributed by atoms with Crippen molar-refractivity contribution in [1.82, 2.24) is 0 Å². The van der Waals surface area contributed by atoms with E-state index in [9.17, 15) is 9.65 Å². The van der Waals surface area contributed by atoms with Crippen LogP contribution in [-0.4, -0.2) is 0 Å². The lowest BCUT2D eigenvalue weighted by atomic mass is 9.59. The van der Waals surface area contributed by atoms with Crippen LogP contribution in [0, 0.1) is 17.1 Å². The molecule has 0 radical (unpaired) electrons. The summed E-state index contributed by atoms with van der Waals surface area (Å²) in [6.45, 7) is 8.85. The minimum absolute atomic E-state index is 0.105. The first-order valence-corrected chi connectivity index (χ1v) is 8.74. The van der Waals surface area contributed by atoms with Crippen LogP contribution in [0.3, 0.4) is 0 Å². The maximum absolute atomic E-state index is 14.5. The molecule has 0 saturated carbocycles. The highest BCUT2D eigenvalue weighted by Gasteiger charge is 2.58. The number of hydrogen-bond donors (Lipinski definition) is 0. The van der Waals surface area contributed by atoms with Gasteiger partial charge in [-0.15, -0.1) is 0 Å². The van der Waals surface area contributed by atoms with Gasteiger partial charge in [0.25, 0.3) is 0 Å². The summed E-state index contributed by atoms with van der Waals surface area (Å²) in [5.41, 5.74) is 2.89. The van der Waals surface area contributed by atoms with E-state index in [2.05, 4.69) is 50.6 Å². The zero-order valence-electron chi connectivity index (χ0n) is 14.9. The summed E-state index contributed by atoms with van der Waals surface area (Å²) in [5.74, 6) is -0.415. The normalized spacial score (nSPS) is 20.8. The second-order valence-electron chi connectivity index (χ2n) is 6.87. The maximum Gasteiger partial charge on any atom is 0.213 e. The Hall–Kier alpha value is -2.21. The van der Waals surface area contributed by atoms with Gasteiger partial charge in [0.1, 0.15) is 11.9 Å². The lowest BCUT2D eigenvalue weighted by Gasteiger charge is -2.47. The summed E-state index contributed by atoms with van der Waals surface area (Å²) < 4.78 is 16.8. The molecule has 0 bridgehead atoms. The molecule has 1 atom stereocenters. The van der Waals surface area contributed by atoms with Gasteiger partial charge in [0, 0.05) is 25.0 Å². The van der Waals surface area contributed by atoms with E-state index < -0.39 is 5.82 Å². The van der Waals surface area contributed by atoms with Crippen molar-refractivity contribution >= 4 is 0 Å². The predicted molar refractivity (Wildman–Crippen MR) is 92.9 cm³/mol. The van der Waals surface area contributed by atoms with Crippen molar-refractivity contribution in [2.45, 2.75) is 57.9 Å². The number of pyridine rings is 1. The van der Waals surface area contributed by atoms with E-state index in [4.69, 9.17) is 0 Å². The van der Waals surface area contributed by atoms with Gasteiger partial charge < -0.3 is 0 Å². The molecule has 24 heavy (non-hydrogen) atoms. The average Bonchev–Trinajstić information content (AvgIpc) is 2.62. The largest absolute Gasteiger partial charge is 0.213 e. The van der Waals surface area contributed by atoms with Crippen LogP contribution in [0.25, 0.3) is 11.3 Å². The molecule has 2 heterocycles. The highest BCUT2D eigenvalue weighted by molar-refractivity contribution is 5.67. The van der Waals surface area contributed by atoms with Crippen LogP contribution < -0.4 is 4.57 Å². The third-order valence-electron chi connectivity index (χ3n) is 6.32. The molecule has 0 fully saturated rings. The van der Waals surface area contributed by atoms with Gasteiger partial charge in [-0.1, -0.05) is 20.8 Å². The number of hydrogen-bond acceptors (Lipinski definition) is 1. The van der Waals surface area contributed by atoms with Crippen LogP contribution in [0.5, 0.6) is 0 Å². The van der Waals surface area contributed by atoms with Gasteiger partial charge in [0.15, 0.2) is 11.7 Å². The topological polar surface area (TPSA) is 27.7 Å². The van der Waals surface area contributed by atoms with Crippen molar-refractivity contribution < 1.29 is 8.96 Å². The highest BCUT2D eigenvalue weighted by Crippen LogP contribution is 2.51. The van der Waals surface area contributed by atoms with E-state index in [1.54, 1.807) is 12.1 Å². The number of fused-ring (bicyclic) bond motifs is 3. The molecule has 1 aromatic carbocycles. The van der Waals surface area contributed by atoms with Crippen molar-refractivity contribution in [2.75, 3.05) is 0 Å². The highest BCUT2D eigenvalue weighted by atomic mass is 19.1. The number of benzene rings is 1. The first-order valence-electron chi connectivity index (χ1n) is 8.74. The van der Waals surface area contributed by atoms with Crippen molar-refractivity contribution in [1.29, 1.82) is 5.26 Å². The molecule has 124 valence electrons. The zero-order chi connectivity index (χ0) is 17.5. The first kappa shape index (κ1) is 16.6. The fraction of sp³-hybridized carbons (Fsp3) is 0.429. The molecule has 1 unspecified atom stereocenters. The van der Waals surface area contributed by atoms with E-state index in [1.165, 1.54) is 0 Å². The quantitative estimate of drug-likeness (QED) is 0.742. The van der Waals surface area contributed by atoms with Gasteiger partial charge in [-0.05, 0) is 37.1 Å². The summed E-state index contributed by atoms with van der Waals surface area (Å²) in [7, 11) is 0. The summed E-state index contributed by atoms with van der Waals surface area (Å²) in [5, 5.41) is 9.25. The molecular weight excluding hydrogens is 299 g/mol. The Bertz CT molecular complexity index is 830. The maximum atomic E-state index is 14.5. The standard InChI is InChI=1S/C21H24FN2/c1-5-20(4)17-13-18(22)15(14-23)12-16(17)19-10-8-9-11-24(19)21(20,6-2)7-3/h8-13H,5-7H2,1-4H3/q+1. The van der Waals surface area contributed by atoms with E-state index in [-0.39, 0.29) is 16.5 Å². The zero-order valence-corrected chi connectivity index (χ0v) is 14.9. The minimum Gasteiger partial charge on any atom is -0.206 e. The van der Waals surface area contributed by atoms with Crippen molar-refractivity contribution in [3.05, 3.63) is 53.5 Å². The molecule has 2 nitrogen and oxygen atoms in total. The Kier molecular flexibility index (Phi) is 3.95. The number of nitrogens with zero attached hydrogens (tertiary/aromatic N) is 2. The molecule has 1 aliphatic rings. The first-order chi connectivity index (χ1) is 11.5. The monoisotopic (exact) mass is 323 g/mol. The lowest BCUT2D eigenvalue weighted by molar-refractivity contribution is -0.769. The van der Waals surface area contributed by atoms with Crippen LogP contribution in [-0.2, 0) is 11.0 Å². The minimum atomic E-state index is -0.415. The smallest absolute Gasteiger partial charge is 0.206 e. The van der Waals surface area contributed by atoms with Gasteiger partial charge in [0.05, 0.1) is 16.5 Å². The molecule has 0 N–H and O–H groups in total. The fourth-order valence-electron chi connectivity index (χ4n) is 4.77. The number of halogens is 1. The molecule has 2 aromatic rings. The SMILES string of the molecule is CCC1(C)c2cc(F)c(C#N)cc2-c2cccc[n+]2C1(CC)CC. The van der Waals surface area contributed by atoms with Gasteiger partial charge >= 0.3 is 0 Å². The molecule has 0 saturated heterocycles. The summed E-state index contributed by atoms with van der Waals surface area (Å²) in [6.07, 6.45) is 4.98. The van der Waals surface area contributed by atoms with Crippen LogP contribution in [0.4, 0.5) is 4.39 Å². The molecule has 0 amide bonds. The van der Waals surface area contributed by atoms with Gasteiger partial charge in [0.2, 0.25) is 5.69 Å². The molecule has 1 aliphatic heterocycles. The lowest BCUT2D eigenvalue weighted by Crippen LogP contribution is -2.68. The summed E-state index contributed by atoms with van der Waals surface area (Å²) in [4.78, 5) is 0. The second-order valence-corrected chi connectivity index (χ2v) is 6.87. The van der Waals surface area contributed by atoms with Gasteiger partial charge in [-0.3, -0.25) is 0 Å². The molecule has 3 heteroatoms. The van der Waals surface area contributed by atoms with Crippen molar-refractivity contribution in [3.8, 4) is 17.3 Å². The average molecular weight is 323 g/mol. The van der Waals surface area contributed by atoms with Crippen LogP contribution in [0.15, 0.2) is 36.5 Å². The number of rotatable bonds is 3. The van der Waals surface area contributed by atoms with Crippen molar-refractivity contribution in [2.24, 2.45) is 0 Å². The van der Waals surface area contributed by atoms with E-state index >= 15 is 0 Å². The third kappa shape index (κ3) is 1.89. The Morgan fingerprint density at radius 1 is 1.12 bits per heavy atom. The van der Waals surface area contributed by atoms with Crippen LogP contribution in [0.1, 0.15) is 58.1 Å². The second kappa shape index (κ2) is 5.70. The molecule has 1 aromatic heterocycles. The van der Waals surface area contributed by atoms with Gasteiger partial charge in [-0.25, -0.2) is 4.39 Å². The van der Waals surface area contributed by atoms with Crippen LogP contribution >= 0.6 is 0 Å². The van der Waals surface area contributed by atoms with Crippen LogP contribution in [0.2, 0.25) is 0 Å². The van der Waals surface area contributed by atoms with Crippen molar-refractivity contribution in [3.63, 3.8) is 0 Å². The Balaban J connectivity index is 2.48. The fourth-order valence-corrected chi connectivity index (χ4v) is 4.77. The molecule has 0 spiro atoms. The Morgan fingerprint density at radius 3 is 2.42 bits per heavy atom. The number of aromatic nitrogens is 1. The summed E-state index contributed by atoms with van der Waals surface area (Å²) in [6, 6.07) is 11.5. The molecule has 3 rings (SSSR count). The predicted octanol–water partition coefficient (Wildman–Crippen LogP) is 4.85. The van der Waals surface area contributed by atoms with E-state index in [0.717, 1.165) is 36.1 Å². The third-order valence-corrected chi connectivity index (χ3v) is 6.32.